The van der Waals surface area contributed by atoms with Gasteiger partial charge in [0.1, 0.15) is 6.04 Å². The highest BCUT2D eigenvalue weighted by atomic mass is 35.5. The minimum atomic E-state index is -0.980. The molecule has 5 nitrogen and oxygen atoms in total. The van der Waals surface area contributed by atoms with E-state index in [1.54, 1.807) is 6.07 Å². The Morgan fingerprint density at radius 3 is 2.82 bits per heavy atom. The lowest BCUT2D eigenvalue weighted by molar-refractivity contribution is -0.148. The summed E-state index contributed by atoms with van der Waals surface area (Å²) in [5.74, 6) is -0.582. The maximum absolute atomic E-state index is 12.3. The van der Waals surface area contributed by atoms with Crippen molar-refractivity contribution in [2.75, 3.05) is 19.4 Å². The lowest BCUT2D eigenvalue weighted by Crippen LogP contribution is -2.40. The van der Waals surface area contributed by atoms with Gasteiger partial charge in [-0.2, -0.15) is 0 Å². The lowest BCUT2D eigenvalue weighted by atomic mass is 10.2. The molecule has 0 saturated carbocycles. The average molecular weight is 344 g/mol. The van der Waals surface area contributed by atoms with Crippen LogP contribution in [-0.4, -0.2) is 53.4 Å². The number of halogens is 1. The van der Waals surface area contributed by atoms with Crippen molar-refractivity contribution in [3.63, 3.8) is 0 Å². The molecule has 1 aromatic rings. The van der Waals surface area contributed by atoms with E-state index in [2.05, 4.69) is 0 Å². The van der Waals surface area contributed by atoms with Crippen molar-refractivity contribution in [2.45, 2.75) is 29.9 Å². The van der Waals surface area contributed by atoms with Crippen molar-refractivity contribution in [1.29, 1.82) is 0 Å². The molecular weight excluding hydrogens is 326 g/mol. The highest BCUT2D eigenvalue weighted by Gasteiger charge is 2.39. The molecule has 1 heterocycles. The Bertz CT molecular complexity index is 554. The van der Waals surface area contributed by atoms with Crippen LogP contribution in [0.5, 0.6) is 0 Å². The quantitative estimate of drug-likeness (QED) is 0.804. The maximum atomic E-state index is 12.3. The van der Waals surface area contributed by atoms with Gasteiger partial charge in [0.15, 0.2) is 0 Å². The first-order valence-corrected chi connectivity index (χ1v) is 8.31. The van der Waals surface area contributed by atoms with E-state index < -0.39 is 12.0 Å². The van der Waals surface area contributed by atoms with E-state index >= 15 is 0 Å². The van der Waals surface area contributed by atoms with Crippen LogP contribution in [0, 0.1) is 0 Å². The Morgan fingerprint density at radius 2 is 2.18 bits per heavy atom. The van der Waals surface area contributed by atoms with Gasteiger partial charge < -0.3 is 14.7 Å². The third-order valence-corrected chi connectivity index (χ3v) is 5.13. The predicted molar refractivity (Wildman–Crippen MR) is 85.3 cm³/mol. The molecular formula is C15H18ClNO4S. The summed E-state index contributed by atoms with van der Waals surface area (Å²) in [7, 11) is 1.53. The largest absolute Gasteiger partial charge is 0.480 e. The lowest BCUT2D eigenvalue weighted by Gasteiger charge is -2.21. The molecule has 2 unspecified atom stereocenters. The average Bonchev–Trinajstić information content (AvgIpc) is 2.94. The predicted octanol–water partition coefficient (Wildman–Crippen LogP) is 2.52. The number of carbonyl (C=O) groups excluding carboxylic acids is 1. The molecule has 7 heteroatoms. The summed E-state index contributed by atoms with van der Waals surface area (Å²) in [6.07, 6.45) is 0.409. The fourth-order valence-corrected chi connectivity index (χ4v) is 3.61. The van der Waals surface area contributed by atoms with Crippen molar-refractivity contribution >= 4 is 35.2 Å². The summed E-state index contributed by atoms with van der Waals surface area (Å²) < 4.78 is 5.18. The minimum Gasteiger partial charge on any atom is -0.480 e. The van der Waals surface area contributed by atoms with Gasteiger partial charge in [0.25, 0.3) is 0 Å². The molecule has 1 aliphatic heterocycles. The van der Waals surface area contributed by atoms with Crippen LogP contribution >= 0.6 is 23.4 Å². The van der Waals surface area contributed by atoms with E-state index in [-0.39, 0.29) is 18.4 Å². The van der Waals surface area contributed by atoms with Gasteiger partial charge in [0.2, 0.25) is 5.91 Å². The smallest absolute Gasteiger partial charge is 0.326 e. The second kappa shape index (κ2) is 7.85. The summed E-state index contributed by atoms with van der Waals surface area (Å²) in [6.45, 7) is 0.336. The number of likely N-dealkylation sites (tertiary alicyclic amines) is 1. The zero-order chi connectivity index (χ0) is 16.1. The van der Waals surface area contributed by atoms with Gasteiger partial charge in [0, 0.05) is 37.1 Å². The van der Waals surface area contributed by atoms with Crippen LogP contribution in [-0.2, 0) is 14.3 Å². The molecule has 2 atom stereocenters. The summed E-state index contributed by atoms with van der Waals surface area (Å²) in [5, 5.41) is 9.87. The summed E-state index contributed by atoms with van der Waals surface area (Å²) in [6, 6.07) is 6.65. The van der Waals surface area contributed by atoms with Crippen LogP contribution in [0.15, 0.2) is 29.2 Å². The molecule has 22 heavy (non-hydrogen) atoms. The summed E-state index contributed by atoms with van der Waals surface area (Å²) >= 11 is 7.55. The van der Waals surface area contributed by atoms with E-state index in [1.807, 2.05) is 18.2 Å². The van der Waals surface area contributed by atoms with Crippen molar-refractivity contribution < 1.29 is 19.4 Å². The number of rotatable bonds is 6. The highest BCUT2D eigenvalue weighted by molar-refractivity contribution is 7.99. The molecule has 120 valence electrons. The number of nitrogens with zero attached hydrogens (tertiary/aromatic N) is 1. The van der Waals surface area contributed by atoms with E-state index in [4.69, 9.17) is 16.3 Å². The molecule has 2 rings (SSSR count). The third-order valence-electron chi connectivity index (χ3n) is 3.61. The molecule has 0 bridgehead atoms. The molecule has 1 saturated heterocycles. The Morgan fingerprint density at radius 1 is 1.45 bits per heavy atom. The monoisotopic (exact) mass is 343 g/mol. The number of methoxy groups -OCH3 is 1. The zero-order valence-corrected chi connectivity index (χ0v) is 13.8. The van der Waals surface area contributed by atoms with E-state index in [1.165, 1.54) is 23.8 Å². The number of hydrogen-bond acceptors (Lipinski definition) is 4. The molecule has 0 aliphatic carbocycles. The zero-order valence-electron chi connectivity index (χ0n) is 12.2. The summed E-state index contributed by atoms with van der Waals surface area (Å²) in [4.78, 5) is 25.8. The first kappa shape index (κ1) is 17.1. The van der Waals surface area contributed by atoms with Crippen molar-refractivity contribution in [3.8, 4) is 0 Å². The van der Waals surface area contributed by atoms with Crippen LogP contribution in [0.4, 0.5) is 0 Å². The topological polar surface area (TPSA) is 66.8 Å². The molecule has 1 N–H and O–H groups in total. The van der Waals surface area contributed by atoms with Crippen molar-refractivity contribution in [2.24, 2.45) is 0 Å². The Balaban J connectivity index is 1.88. The number of amides is 1. The number of benzene rings is 1. The SMILES string of the molecule is COC1CC(C(=O)O)N(C(=O)CCSc2ccccc2Cl)C1. The van der Waals surface area contributed by atoms with Gasteiger partial charge in [-0.1, -0.05) is 23.7 Å². The molecule has 1 aliphatic rings. The second-order valence-electron chi connectivity index (χ2n) is 5.02. The molecule has 1 amide bonds. The second-order valence-corrected chi connectivity index (χ2v) is 6.57. The van der Waals surface area contributed by atoms with E-state index in [0.717, 1.165) is 4.90 Å². The number of thioether (sulfide) groups is 1. The Labute approximate surface area is 138 Å². The standard InChI is InChI=1S/C15H18ClNO4S/c1-21-10-8-12(15(19)20)17(9-10)14(18)6-7-22-13-5-3-2-4-11(13)16/h2-5,10,12H,6-9H2,1H3,(H,19,20). The van der Waals surface area contributed by atoms with Gasteiger partial charge in [-0.15, -0.1) is 11.8 Å². The number of carbonyl (C=O) groups is 2. The van der Waals surface area contributed by atoms with Gasteiger partial charge in [-0.3, -0.25) is 4.79 Å². The van der Waals surface area contributed by atoms with Gasteiger partial charge >= 0.3 is 5.97 Å². The minimum absolute atomic E-state index is 0.161. The van der Waals surface area contributed by atoms with Crippen LogP contribution < -0.4 is 0 Å². The normalized spacial score (nSPS) is 21.1. The molecule has 1 fully saturated rings. The van der Waals surface area contributed by atoms with Gasteiger partial charge in [-0.25, -0.2) is 4.79 Å². The van der Waals surface area contributed by atoms with Crippen molar-refractivity contribution in [1.82, 2.24) is 4.90 Å². The molecule has 0 spiro atoms. The number of carboxylic acids is 1. The van der Waals surface area contributed by atoms with Gasteiger partial charge in [0.05, 0.1) is 11.1 Å². The fourth-order valence-electron chi connectivity index (χ4n) is 2.43. The Hall–Kier alpha value is -1.24. The highest BCUT2D eigenvalue weighted by Crippen LogP contribution is 2.28. The Kier molecular flexibility index (Phi) is 6.11. The number of ether oxygens (including phenoxy) is 1. The van der Waals surface area contributed by atoms with Crippen LogP contribution in [0.3, 0.4) is 0 Å². The van der Waals surface area contributed by atoms with Crippen LogP contribution in [0.2, 0.25) is 5.02 Å². The first-order valence-electron chi connectivity index (χ1n) is 6.95. The van der Waals surface area contributed by atoms with Gasteiger partial charge in [-0.05, 0) is 12.1 Å². The molecule has 0 aromatic heterocycles. The molecule has 1 aromatic carbocycles. The number of hydrogen-bond donors (Lipinski definition) is 1. The first-order chi connectivity index (χ1) is 10.5. The number of carboxylic acid groups (broad SMARTS) is 1. The van der Waals surface area contributed by atoms with E-state index in [0.29, 0.717) is 23.7 Å². The van der Waals surface area contributed by atoms with Crippen LogP contribution in [0.25, 0.3) is 0 Å². The third kappa shape index (κ3) is 4.15. The molecule has 0 radical (unpaired) electrons. The van der Waals surface area contributed by atoms with E-state index in [9.17, 15) is 14.7 Å². The number of aliphatic carboxylic acids is 1. The van der Waals surface area contributed by atoms with Crippen LogP contribution in [0.1, 0.15) is 12.8 Å². The fraction of sp³-hybridized carbons (Fsp3) is 0.467. The van der Waals surface area contributed by atoms with Crippen molar-refractivity contribution in [3.05, 3.63) is 29.3 Å². The maximum Gasteiger partial charge on any atom is 0.326 e. The summed E-state index contributed by atoms with van der Waals surface area (Å²) in [5.41, 5.74) is 0.